The van der Waals surface area contributed by atoms with Crippen LogP contribution in [0.3, 0.4) is 0 Å². The predicted octanol–water partition coefficient (Wildman–Crippen LogP) is 10.2. The van der Waals surface area contributed by atoms with Gasteiger partial charge in [-0.25, -0.2) is 61.9 Å². The zero-order valence-corrected chi connectivity index (χ0v) is 56.6. The Kier molecular flexibility index (Phi) is 21.6. The summed E-state index contributed by atoms with van der Waals surface area (Å²) in [6.45, 7) is 7.28. The summed E-state index contributed by atoms with van der Waals surface area (Å²) in [6.07, 6.45) is 25.2. The summed E-state index contributed by atoms with van der Waals surface area (Å²) in [7, 11) is -8.94. The fraction of sp³-hybridized carbons (Fsp3) is 0.111. The average Bonchev–Trinajstić information content (AvgIpc) is 1.60. The van der Waals surface area contributed by atoms with Gasteiger partial charge in [0.2, 0.25) is 0 Å². The molecule has 0 unspecified atom stereocenters. The molecule has 0 radical (unpaired) electrons. The van der Waals surface area contributed by atoms with Crippen LogP contribution >= 0.6 is 0 Å². The summed E-state index contributed by atoms with van der Waals surface area (Å²) in [5, 5.41) is 0. The van der Waals surface area contributed by atoms with E-state index in [1.165, 1.54) is 48.5 Å². The Morgan fingerprint density at radius 1 is 0.271 bits per heavy atom. The molecule has 2 aliphatic rings. The zero-order chi connectivity index (χ0) is 69.3. The monoisotopic (exact) mass is 1360 g/mol. The zero-order valence-electron chi connectivity index (χ0n) is 53.3. The second-order valence-corrected chi connectivity index (χ2v) is 28.1. The topological polar surface area (TPSA) is 302 Å². The Labute approximate surface area is 557 Å². The highest BCUT2D eigenvalue weighted by Gasteiger charge is 2.20. The van der Waals surface area contributed by atoms with Crippen molar-refractivity contribution in [2.45, 2.75) is 47.3 Å². The summed E-state index contributed by atoms with van der Waals surface area (Å²) in [6, 6.07) is 49.0. The number of rotatable bonds is 8. The molecule has 490 valence electrons. The molecule has 11 aromatic rings. The summed E-state index contributed by atoms with van der Waals surface area (Å²) in [5.74, 6) is 0. The van der Waals surface area contributed by atoms with Crippen molar-refractivity contribution in [3.8, 4) is 44.5 Å². The molecule has 7 aromatic heterocycles. The lowest BCUT2D eigenvalue weighted by molar-refractivity contribution is -0.671. The minimum Gasteiger partial charge on any atom is -0.744 e. The largest absolute Gasteiger partial charge is 0.744 e. The fourth-order valence-electron chi connectivity index (χ4n) is 9.91. The average molecular weight is 1360 g/mol. The van der Waals surface area contributed by atoms with Crippen LogP contribution in [0, 0.1) is 27.7 Å². The van der Waals surface area contributed by atoms with Crippen LogP contribution in [-0.2, 0) is 68.7 Å². The molecule has 2 aliphatic heterocycles. The molecule has 0 aliphatic carbocycles. The highest BCUT2D eigenvalue weighted by Crippen LogP contribution is 2.38. The first-order chi connectivity index (χ1) is 45.4. The molecular formula is C72H66N8O12S4. The second kappa shape index (κ2) is 29.6. The van der Waals surface area contributed by atoms with Gasteiger partial charge in [0.1, 0.15) is 68.7 Å². The van der Waals surface area contributed by atoms with Crippen molar-refractivity contribution in [2.75, 3.05) is 0 Å². The van der Waals surface area contributed by atoms with E-state index in [9.17, 15) is 51.9 Å². The van der Waals surface area contributed by atoms with Gasteiger partial charge in [-0.05, 0) is 147 Å². The lowest BCUT2D eigenvalue weighted by Gasteiger charge is -2.06. The van der Waals surface area contributed by atoms with E-state index in [-0.39, 0.29) is 19.6 Å². The van der Waals surface area contributed by atoms with Crippen LogP contribution in [0.1, 0.15) is 45.0 Å². The summed E-state index contributed by atoms with van der Waals surface area (Å²) in [5.41, 5.74) is 19.6. The standard InChI is InChI=1S/C44H37N8.4C7H8O3S/c1-49-21-13-29(14-22-49)41-33-5-7-35(45-33)42(30-15-23-50(2)24-16-30)37-9-11-39(47-37)44(32-19-27-52(4)28-20-32)40-12-10-38(48-40)43(36-8-6-34(41)46-36)31-17-25-51(3)26-18-31;4*1-6-2-4-7(5-3-6)11(8,9)10/h5-28H,1-4H3,(H,45,46,47,48);4*2-5H,1H3,(H,8,9,10)/q+3;;;;/p-3. The van der Waals surface area contributed by atoms with Crippen molar-refractivity contribution in [2.24, 2.45) is 28.2 Å². The number of aromatic nitrogens is 8. The Morgan fingerprint density at radius 3 is 0.594 bits per heavy atom. The number of fused-ring (bicyclic) bond motifs is 8. The highest BCUT2D eigenvalue weighted by molar-refractivity contribution is 7.86. The number of aryl methyl sites for hydroxylation is 8. The maximum Gasteiger partial charge on any atom is 0.169 e. The molecule has 0 spiro atoms. The molecular weight excluding hydrogens is 1300 g/mol. The van der Waals surface area contributed by atoms with Crippen molar-refractivity contribution in [3.63, 3.8) is 0 Å². The third-order valence-electron chi connectivity index (χ3n) is 15.1. The lowest BCUT2D eigenvalue weighted by Crippen LogP contribution is -2.25. The predicted molar refractivity (Wildman–Crippen MR) is 362 cm³/mol. The van der Waals surface area contributed by atoms with E-state index in [1.54, 1.807) is 48.5 Å². The van der Waals surface area contributed by atoms with E-state index in [2.05, 4.69) is 157 Å². The molecule has 0 atom stereocenters. The number of benzene rings is 4. The molecule has 2 N–H and O–H groups in total. The highest BCUT2D eigenvalue weighted by atomic mass is 32.2. The van der Waals surface area contributed by atoms with Crippen LogP contribution in [0.4, 0.5) is 0 Å². The second-order valence-electron chi connectivity index (χ2n) is 22.6. The Morgan fingerprint density at radius 2 is 0.438 bits per heavy atom. The van der Waals surface area contributed by atoms with Gasteiger partial charge < -0.3 is 28.2 Å². The van der Waals surface area contributed by atoms with E-state index in [1.807, 2.05) is 74.2 Å². The van der Waals surface area contributed by atoms with E-state index >= 15 is 0 Å². The van der Waals surface area contributed by atoms with Gasteiger partial charge in [-0.3, -0.25) is 0 Å². The van der Waals surface area contributed by atoms with Gasteiger partial charge in [0, 0.05) is 92.9 Å². The number of hydrogen-bond donors (Lipinski definition) is 2. The maximum atomic E-state index is 10.4. The molecule has 20 nitrogen and oxygen atoms in total. The van der Waals surface area contributed by atoms with Gasteiger partial charge in [0.25, 0.3) is 0 Å². The Balaban J connectivity index is 0.000000196. The van der Waals surface area contributed by atoms with Crippen LogP contribution < -0.4 is 18.3 Å². The third kappa shape index (κ3) is 18.1. The van der Waals surface area contributed by atoms with Crippen LogP contribution in [0.5, 0.6) is 0 Å². The summed E-state index contributed by atoms with van der Waals surface area (Å²) >= 11 is 0. The molecule has 8 bridgehead atoms. The van der Waals surface area contributed by atoms with Crippen LogP contribution in [0.15, 0.2) is 239 Å². The summed E-state index contributed by atoms with van der Waals surface area (Å²) < 4.78 is 133. The van der Waals surface area contributed by atoms with Crippen molar-refractivity contribution < 1.29 is 70.2 Å². The number of pyridine rings is 4. The van der Waals surface area contributed by atoms with Crippen molar-refractivity contribution in [1.29, 1.82) is 0 Å². The van der Waals surface area contributed by atoms with Gasteiger partial charge in [-0.2, -0.15) is 0 Å². The maximum absolute atomic E-state index is 10.4. The molecule has 24 heteroatoms. The van der Waals surface area contributed by atoms with E-state index < -0.39 is 40.5 Å². The Bertz CT molecular complexity index is 4690. The molecule has 9 heterocycles. The van der Waals surface area contributed by atoms with Crippen LogP contribution in [0.25, 0.3) is 90.9 Å². The first-order valence-electron chi connectivity index (χ1n) is 29.5. The first-order valence-corrected chi connectivity index (χ1v) is 35.1. The SMILES string of the molecule is C[n+]1ccc(-c2c3nc(c(-c4cc[n+](C)cc4)c4ccc([nH]4)c(-c4cc[n+](C)cc4)c4nc(c(-c5cc[n+](C)cc5)c5ccc2[nH]5)C=C4)C=C3)cc1.Cc1ccc(S(=O)(=O)[O-])cc1.Cc1ccc(S(=O)(=O)[O-])cc1.Cc1ccc(S(=O)(=O)[O-])cc1.Cc1ccc(S(=O)(=O)[O-])cc1. The van der Waals surface area contributed by atoms with Crippen LogP contribution in [-0.4, -0.2) is 71.8 Å². The van der Waals surface area contributed by atoms with Crippen LogP contribution in [0.2, 0.25) is 0 Å². The molecule has 96 heavy (non-hydrogen) atoms. The molecule has 13 rings (SSSR count). The minimum absolute atomic E-state index is 0.178. The number of H-pyrrole nitrogens is 2. The number of nitrogens with one attached hydrogen (secondary N) is 2. The van der Waals surface area contributed by atoms with Gasteiger partial charge in [0.05, 0.1) is 42.4 Å². The molecule has 0 saturated heterocycles. The summed E-state index contributed by atoms with van der Waals surface area (Å²) in [4.78, 5) is 17.7. The van der Waals surface area contributed by atoms with Gasteiger partial charge in [-0.1, -0.05) is 70.8 Å². The quantitative estimate of drug-likeness (QED) is 0.106. The third-order valence-corrected chi connectivity index (χ3v) is 18.5. The van der Waals surface area contributed by atoms with Gasteiger partial charge in [0.15, 0.2) is 49.6 Å². The van der Waals surface area contributed by atoms with Crippen molar-refractivity contribution in [1.82, 2.24) is 19.9 Å². The molecule has 0 amide bonds. The van der Waals surface area contributed by atoms with E-state index in [0.717, 1.165) is 112 Å². The molecule has 4 aromatic carbocycles. The normalized spacial score (nSPS) is 11.8. The number of aromatic amines is 2. The Hall–Kier alpha value is -10.3. The number of nitrogens with zero attached hydrogens (tertiary/aromatic N) is 6. The first kappa shape index (κ1) is 70.0. The fourth-order valence-corrected chi connectivity index (χ4v) is 11.8. The van der Waals surface area contributed by atoms with E-state index in [0.29, 0.717) is 0 Å². The number of hydrogen-bond acceptors (Lipinski definition) is 14. The molecule has 0 saturated carbocycles. The van der Waals surface area contributed by atoms with Crippen molar-refractivity contribution in [3.05, 3.63) is 264 Å². The smallest absolute Gasteiger partial charge is 0.169 e. The lowest BCUT2D eigenvalue weighted by atomic mass is 10.0. The van der Waals surface area contributed by atoms with Gasteiger partial charge in [-0.15, -0.1) is 0 Å². The van der Waals surface area contributed by atoms with E-state index in [4.69, 9.17) is 9.97 Å². The van der Waals surface area contributed by atoms with Crippen molar-refractivity contribution >= 4 is 86.8 Å². The minimum atomic E-state index is -4.27. The molecule has 0 fully saturated rings. The van der Waals surface area contributed by atoms with Gasteiger partial charge >= 0.3 is 0 Å².